The third-order valence-electron chi connectivity index (χ3n) is 3.96. The van der Waals surface area contributed by atoms with Crippen molar-refractivity contribution in [3.63, 3.8) is 0 Å². The molecule has 0 saturated carbocycles. The van der Waals surface area contributed by atoms with E-state index in [1.54, 1.807) is 0 Å². The van der Waals surface area contributed by atoms with Crippen LogP contribution in [0.4, 0.5) is 0 Å². The summed E-state index contributed by atoms with van der Waals surface area (Å²) in [5, 5.41) is 0. The maximum Gasteiger partial charge on any atom is 0.119 e. The highest BCUT2D eigenvalue weighted by atomic mass is 16.5. The maximum atomic E-state index is 5.91. The molecule has 134 valence electrons. The van der Waals surface area contributed by atoms with Crippen LogP contribution in [0.3, 0.4) is 0 Å². The Hall–Kier alpha value is -1.02. The highest BCUT2D eigenvalue weighted by molar-refractivity contribution is 5.34. The molecule has 0 N–H and O–H groups in total. The number of unbranched alkanes of at least 4 members (excludes halogenated alkanes) is 1. The molecule has 0 aliphatic rings. The Balaban J connectivity index is 0.00000232. The summed E-state index contributed by atoms with van der Waals surface area (Å²) in [6, 6.07) is 6.45. The van der Waals surface area contributed by atoms with E-state index < -0.39 is 0 Å². The minimum Gasteiger partial charge on any atom is -0.494 e. The van der Waals surface area contributed by atoms with Gasteiger partial charge in [-0.05, 0) is 69.0 Å². The van der Waals surface area contributed by atoms with Gasteiger partial charge in [-0.3, -0.25) is 0 Å². The van der Waals surface area contributed by atoms with Gasteiger partial charge in [0.05, 0.1) is 6.61 Å². The van der Waals surface area contributed by atoms with Crippen LogP contribution in [-0.2, 0) is 6.42 Å². The van der Waals surface area contributed by atoms with Crippen molar-refractivity contribution in [2.75, 3.05) is 26.2 Å². The Morgan fingerprint density at radius 3 is 2.22 bits per heavy atom. The van der Waals surface area contributed by atoms with Gasteiger partial charge in [-0.15, -0.1) is 0 Å². The number of hydrogen-bond donors (Lipinski definition) is 0. The van der Waals surface area contributed by atoms with Crippen LogP contribution in [0.1, 0.15) is 71.4 Å². The molecule has 2 heteroatoms. The fraction of sp³-hybridized carbons (Fsp3) is 0.714. The number of aryl methyl sites for hydroxylation is 2. The van der Waals surface area contributed by atoms with Crippen molar-refractivity contribution in [3.05, 3.63) is 29.3 Å². The van der Waals surface area contributed by atoms with Crippen molar-refractivity contribution in [2.24, 2.45) is 0 Å². The molecule has 0 heterocycles. The number of nitrogens with zero attached hydrogens (tertiary/aromatic N) is 1. The Morgan fingerprint density at radius 2 is 1.61 bits per heavy atom. The SMILES string of the molecule is CC.CCCCN(CCC)CCCOc1ccc(C)c(CC)c1. The number of benzene rings is 1. The van der Waals surface area contributed by atoms with E-state index in [2.05, 4.69) is 50.8 Å². The summed E-state index contributed by atoms with van der Waals surface area (Å²) in [5.41, 5.74) is 2.75. The van der Waals surface area contributed by atoms with E-state index in [4.69, 9.17) is 4.74 Å². The van der Waals surface area contributed by atoms with Gasteiger partial charge < -0.3 is 9.64 Å². The fourth-order valence-corrected chi connectivity index (χ4v) is 2.63. The first-order valence-corrected chi connectivity index (χ1v) is 9.65. The van der Waals surface area contributed by atoms with Crippen LogP contribution in [0.25, 0.3) is 0 Å². The molecule has 0 atom stereocenters. The van der Waals surface area contributed by atoms with Gasteiger partial charge in [-0.25, -0.2) is 0 Å². The molecule has 0 aliphatic carbocycles. The minimum atomic E-state index is 0.818. The van der Waals surface area contributed by atoms with E-state index in [9.17, 15) is 0 Å². The zero-order chi connectivity index (χ0) is 17.5. The summed E-state index contributed by atoms with van der Waals surface area (Å²) in [6.07, 6.45) is 6.00. The molecule has 0 amide bonds. The monoisotopic (exact) mass is 321 g/mol. The van der Waals surface area contributed by atoms with Crippen LogP contribution < -0.4 is 4.74 Å². The maximum absolute atomic E-state index is 5.91. The normalized spacial score (nSPS) is 10.4. The molecule has 23 heavy (non-hydrogen) atoms. The minimum absolute atomic E-state index is 0.818. The van der Waals surface area contributed by atoms with Crippen LogP contribution in [0.2, 0.25) is 0 Å². The predicted octanol–water partition coefficient (Wildman–Crippen LogP) is 5.86. The van der Waals surface area contributed by atoms with Crippen LogP contribution in [0.15, 0.2) is 18.2 Å². The lowest BCUT2D eigenvalue weighted by Crippen LogP contribution is -2.27. The largest absolute Gasteiger partial charge is 0.494 e. The van der Waals surface area contributed by atoms with Gasteiger partial charge in [0.2, 0.25) is 0 Å². The second kappa shape index (κ2) is 14.6. The van der Waals surface area contributed by atoms with E-state index in [1.807, 2.05) is 13.8 Å². The van der Waals surface area contributed by atoms with E-state index in [-0.39, 0.29) is 0 Å². The molecule has 0 radical (unpaired) electrons. The van der Waals surface area contributed by atoms with E-state index in [0.29, 0.717) is 0 Å². The summed E-state index contributed by atoms with van der Waals surface area (Å²) in [4.78, 5) is 2.57. The van der Waals surface area contributed by atoms with Crippen LogP contribution in [-0.4, -0.2) is 31.1 Å². The molecule has 0 spiro atoms. The van der Waals surface area contributed by atoms with Crippen molar-refractivity contribution in [1.82, 2.24) is 4.90 Å². The smallest absolute Gasteiger partial charge is 0.119 e. The van der Waals surface area contributed by atoms with Gasteiger partial charge in [0, 0.05) is 6.54 Å². The lowest BCUT2D eigenvalue weighted by Gasteiger charge is -2.21. The molecule has 0 aromatic heterocycles. The van der Waals surface area contributed by atoms with Gasteiger partial charge in [-0.2, -0.15) is 0 Å². The van der Waals surface area contributed by atoms with E-state index in [1.165, 1.54) is 43.5 Å². The number of ether oxygens (including phenoxy) is 1. The Morgan fingerprint density at radius 1 is 0.913 bits per heavy atom. The second-order valence-electron chi connectivity index (χ2n) is 5.84. The summed E-state index contributed by atoms with van der Waals surface area (Å²) in [5.74, 6) is 1.02. The van der Waals surface area contributed by atoms with E-state index >= 15 is 0 Å². The highest BCUT2D eigenvalue weighted by Crippen LogP contribution is 2.18. The van der Waals surface area contributed by atoms with E-state index in [0.717, 1.165) is 31.7 Å². The Labute approximate surface area is 145 Å². The molecule has 0 unspecified atom stereocenters. The predicted molar refractivity (Wildman–Crippen MR) is 104 cm³/mol. The Kier molecular flexibility index (Phi) is 13.9. The number of rotatable bonds is 11. The summed E-state index contributed by atoms with van der Waals surface area (Å²) >= 11 is 0. The summed E-state index contributed by atoms with van der Waals surface area (Å²) in [7, 11) is 0. The molecule has 0 aliphatic heterocycles. The molecule has 0 saturated heterocycles. The summed E-state index contributed by atoms with van der Waals surface area (Å²) in [6.45, 7) is 17.3. The highest BCUT2D eigenvalue weighted by Gasteiger charge is 2.04. The van der Waals surface area contributed by atoms with Crippen molar-refractivity contribution >= 4 is 0 Å². The lowest BCUT2D eigenvalue weighted by atomic mass is 10.1. The average Bonchev–Trinajstić information content (AvgIpc) is 2.59. The van der Waals surface area contributed by atoms with Crippen LogP contribution in [0, 0.1) is 6.92 Å². The standard InChI is InChI=1S/C19H33NO.C2H6/c1-5-8-13-20(12-6-2)14-9-15-21-19-11-10-17(4)18(7-3)16-19;1-2/h10-11,16H,5-9,12-15H2,1-4H3;1-2H3. The third kappa shape index (κ3) is 9.65. The van der Waals surface area contributed by atoms with Crippen molar-refractivity contribution in [3.8, 4) is 5.75 Å². The third-order valence-corrected chi connectivity index (χ3v) is 3.96. The van der Waals surface area contributed by atoms with Gasteiger partial charge >= 0.3 is 0 Å². The van der Waals surface area contributed by atoms with Gasteiger partial charge in [0.15, 0.2) is 0 Å². The zero-order valence-electron chi connectivity index (χ0n) is 16.5. The molecule has 0 bridgehead atoms. The topological polar surface area (TPSA) is 12.5 Å². The lowest BCUT2D eigenvalue weighted by molar-refractivity contribution is 0.231. The molecule has 2 nitrogen and oxygen atoms in total. The second-order valence-corrected chi connectivity index (χ2v) is 5.84. The quantitative estimate of drug-likeness (QED) is 0.473. The van der Waals surface area contributed by atoms with Gasteiger partial charge in [-0.1, -0.05) is 47.1 Å². The molecular formula is C21H39NO. The first-order chi connectivity index (χ1) is 11.2. The zero-order valence-corrected chi connectivity index (χ0v) is 16.5. The average molecular weight is 322 g/mol. The van der Waals surface area contributed by atoms with Crippen LogP contribution >= 0.6 is 0 Å². The number of hydrogen-bond acceptors (Lipinski definition) is 2. The Bertz CT molecular complexity index is 389. The van der Waals surface area contributed by atoms with Crippen molar-refractivity contribution in [1.29, 1.82) is 0 Å². The van der Waals surface area contributed by atoms with Crippen molar-refractivity contribution in [2.45, 2.75) is 73.6 Å². The first-order valence-electron chi connectivity index (χ1n) is 9.65. The fourth-order valence-electron chi connectivity index (χ4n) is 2.63. The van der Waals surface area contributed by atoms with Crippen LogP contribution in [0.5, 0.6) is 5.75 Å². The summed E-state index contributed by atoms with van der Waals surface area (Å²) < 4.78 is 5.91. The molecule has 0 fully saturated rings. The van der Waals surface area contributed by atoms with Gasteiger partial charge in [0.25, 0.3) is 0 Å². The first kappa shape index (κ1) is 22.0. The molecule has 1 aromatic carbocycles. The molecular weight excluding hydrogens is 282 g/mol. The van der Waals surface area contributed by atoms with Crippen molar-refractivity contribution < 1.29 is 4.74 Å². The molecule has 1 aromatic rings. The van der Waals surface area contributed by atoms with Gasteiger partial charge in [0.1, 0.15) is 5.75 Å². The molecule has 1 rings (SSSR count).